The van der Waals surface area contributed by atoms with Gasteiger partial charge in [0.1, 0.15) is 0 Å². The molecule has 1 heterocycles. The van der Waals surface area contributed by atoms with E-state index in [1.54, 1.807) is 0 Å². The van der Waals surface area contributed by atoms with Gasteiger partial charge in [0.15, 0.2) is 0 Å². The van der Waals surface area contributed by atoms with Crippen LogP contribution in [0.5, 0.6) is 0 Å². The van der Waals surface area contributed by atoms with Gasteiger partial charge in [-0.2, -0.15) is 26.3 Å². The summed E-state index contributed by atoms with van der Waals surface area (Å²) in [5.41, 5.74) is -3.95. The van der Waals surface area contributed by atoms with E-state index in [0.29, 0.717) is 12.1 Å². The molecule has 22 heavy (non-hydrogen) atoms. The summed E-state index contributed by atoms with van der Waals surface area (Å²) >= 11 is 0. The minimum atomic E-state index is -5.16. The van der Waals surface area contributed by atoms with Crippen LogP contribution in [0.4, 0.5) is 26.3 Å². The topological polar surface area (TPSA) is 25.8 Å². The highest BCUT2D eigenvalue weighted by Gasteiger charge is 2.43. The summed E-state index contributed by atoms with van der Waals surface area (Å²) in [6.45, 7) is 6.84. The van der Waals surface area contributed by atoms with Crippen LogP contribution in [0.3, 0.4) is 0 Å². The number of alkyl halides is 6. The molecule has 0 radical (unpaired) electrons. The molecule has 0 atom stereocenters. The average Bonchev–Trinajstić information content (AvgIpc) is 2.42. The molecular formula is C14H8F6N2. The molecule has 2 nitrogen and oxygen atoms in total. The van der Waals surface area contributed by atoms with Crippen molar-refractivity contribution in [3.05, 3.63) is 47.8 Å². The molecule has 116 valence electrons. The maximum atomic E-state index is 12.8. The van der Waals surface area contributed by atoms with Crippen molar-refractivity contribution in [2.75, 3.05) is 0 Å². The molecule has 0 amide bonds. The lowest BCUT2D eigenvalue weighted by atomic mass is 10.0. The molecule has 2 rings (SSSR count). The first-order valence-corrected chi connectivity index (χ1v) is 5.83. The Labute approximate surface area is 120 Å². The largest absolute Gasteiger partial charge is 0.417 e. The zero-order valence-corrected chi connectivity index (χ0v) is 10.9. The predicted molar refractivity (Wildman–Crippen MR) is 69.7 cm³/mol. The van der Waals surface area contributed by atoms with E-state index in [4.69, 9.17) is 0 Å². The lowest BCUT2D eigenvalue weighted by Crippen LogP contribution is -2.17. The van der Waals surface area contributed by atoms with Crippen LogP contribution in [0.15, 0.2) is 25.3 Å². The fourth-order valence-corrected chi connectivity index (χ4v) is 1.90. The highest BCUT2D eigenvalue weighted by atomic mass is 19.4. The van der Waals surface area contributed by atoms with Crippen LogP contribution >= 0.6 is 0 Å². The van der Waals surface area contributed by atoms with Gasteiger partial charge in [0, 0.05) is 0 Å². The second-order valence-corrected chi connectivity index (χ2v) is 4.28. The van der Waals surface area contributed by atoms with Crippen molar-refractivity contribution < 1.29 is 26.3 Å². The van der Waals surface area contributed by atoms with Gasteiger partial charge in [0.05, 0.1) is 33.5 Å². The molecule has 0 bridgehead atoms. The first-order valence-electron chi connectivity index (χ1n) is 5.83. The standard InChI is InChI=1S/C14H8F6N2/c1-3-9-10(4-2)22-12-6-8(14(18,19)20)7(13(15,16)17)5-11(12)21-9/h3-6H,1-2H2. The summed E-state index contributed by atoms with van der Waals surface area (Å²) in [5.74, 6) is 0. The highest BCUT2D eigenvalue weighted by Crippen LogP contribution is 2.41. The second kappa shape index (κ2) is 5.11. The summed E-state index contributed by atoms with van der Waals surface area (Å²) in [4.78, 5) is 7.69. The fourth-order valence-electron chi connectivity index (χ4n) is 1.90. The van der Waals surface area contributed by atoms with Gasteiger partial charge in [-0.05, 0) is 24.3 Å². The van der Waals surface area contributed by atoms with E-state index in [1.165, 1.54) is 12.2 Å². The van der Waals surface area contributed by atoms with Crippen LogP contribution in [0.1, 0.15) is 22.5 Å². The highest BCUT2D eigenvalue weighted by molar-refractivity contribution is 5.80. The number of aromatic nitrogens is 2. The Morgan fingerprint density at radius 1 is 0.727 bits per heavy atom. The van der Waals surface area contributed by atoms with Crippen molar-refractivity contribution in [1.29, 1.82) is 0 Å². The summed E-state index contributed by atoms with van der Waals surface area (Å²) in [6, 6.07) is 0.677. The predicted octanol–water partition coefficient (Wildman–Crippen LogP) is 4.95. The molecule has 0 saturated heterocycles. The fraction of sp³-hybridized carbons (Fsp3) is 0.143. The molecule has 2 aromatic rings. The maximum absolute atomic E-state index is 12.8. The van der Waals surface area contributed by atoms with Gasteiger partial charge in [-0.1, -0.05) is 13.2 Å². The monoisotopic (exact) mass is 318 g/mol. The number of rotatable bonds is 2. The third kappa shape index (κ3) is 2.81. The average molecular weight is 318 g/mol. The van der Waals surface area contributed by atoms with Crippen LogP contribution in [0, 0.1) is 0 Å². The van der Waals surface area contributed by atoms with Crippen LogP contribution < -0.4 is 0 Å². The third-order valence-corrected chi connectivity index (χ3v) is 2.86. The van der Waals surface area contributed by atoms with Gasteiger partial charge in [0.2, 0.25) is 0 Å². The first kappa shape index (κ1) is 16.0. The summed E-state index contributed by atoms with van der Waals surface area (Å²) in [6.07, 6.45) is -7.86. The second-order valence-electron chi connectivity index (χ2n) is 4.28. The molecule has 0 spiro atoms. The van der Waals surface area contributed by atoms with E-state index in [0.717, 1.165) is 0 Å². The van der Waals surface area contributed by atoms with E-state index in [9.17, 15) is 26.3 Å². The number of nitrogens with zero attached hydrogens (tertiary/aromatic N) is 2. The molecular weight excluding hydrogens is 310 g/mol. The molecule has 1 aromatic heterocycles. The molecule has 0 unspecified atom stereocenters. The Kier molecular flexibility index (Phi) is 3.72. The van der Waals surface area contributed by atoms with Crippen molar-refractivity contribution in [3.8, 4) is 0 Å². The third-order valence-electron chi connectivity index (χ3n) is 2.86. The summed E-state index contributed by atoms with van der Waals surface area (Å²) in [7, 11) is 0. The lowest BCUT2D eigenvalue weighted by Gasteiger charge is -2.16. The normalized spacial score (nSPS) is 12.5. The molecule has 1 aromatic carbocycles. The van der Waals surface area contributed by atoms with Gasteiger partial charge in [-0.3, -0.25) is 0 Å². The van der Waals surface area contributed by atoms with Crippen molar-refractivity contribution >= 4 is 23.2 Å². The quantitative estimate of drug-likeness (QED) is 0.732. The number of hydrogen-bond acceptors (Lipinski definition) is 2. The first-order chi connectivity index (χ1) is 10.1. The Morgan fingerprint density at radius 2 is 1.05 bits per heavy atom. The molecule has 0 aliphatic carbocycles. The number of hydrogen-bond donors (Lipinski definition) is 0. The molecule has 0 saturated carbocycles. The van der Waals surface area contributed by atoms with Crippen LogP contribution in [0.25, 0.3) is 23.2 Å². The van der Waals surface area contributed by atoms with Crippen molar-refractivity contribution in [2.45, 2.75) is 12.4 Å². The van der Waals surface area contributed by atoms with Gasteiger partial charge in [0.25, 0.3) is 0 Å². The van der Waals surface area contributed by atoms with E-state index in [1.807, 2.05) is 0 Å². The van der Waals surface area contributed by atoms with E-state index in [2.05, 4.69) is 23.1 Å². The Hall–Kier alpha value is -2.38. The molecule has 8 heteroatoms. The van der Waals surface area contributed by atoms with Gasteiger partial charge >= 0.3 is 12.4 Å². The SMILES string of the molecule is C=Cc1nc2cc(C(F)(F)F)c(C(F)(F)F)cc2nc1C=C. The van der Waals surface area contributed by atoms with Crippen molar-refractivity contribution in [1.82, 2.24) is 9.97 Å². The zero-order valence-electron chi connectivity index (χ0n) is 10.9. The smallest absolute Gasteiger partial charge is 0.245 e. The molecule has 0 aliphatic heterocycles. The molecule has 0 aliphatic rings. The Balaban J connectivity index is 2.89. The molecule has 0 N–H and O–H groups in total. The number of benzene rings is 1. The van der Waals surface area contributed by atoms with E-state index in [-0.39, 0.29) is 22.4 Å². The van der Waals surface area contributed by atoms with E-state index < -0.39 is 23.5 Å². The van der Waals surface area contributed by atoms with Crippen molar-refractivity contribution in [3.63, 3.8) is 0 Å². The van der Waals surface area contributed by atoms with Gasteiger partial charge < -0.3 is 0 Å². The minimum absolute atomic E-state index is 0.135. The summed E-state index contributed by atoms with van der Waals surface area (Å²) < 4.78 is 77.1. The zero-order chi connectivity index (χ0) is 16.7. The lowest BCUT2D eigenvalue weighted by molar-refractivity contribution is -0.161. The Bertz CT molecular complexity index is 694. The van der Waals surface area contributed by atoms with Gasteiger partial charge in [-0.25, -0.2) is 9.97 Å². The number of fused-ring (bicyclic) bond motifs is 1. The molecule has 0 fully saturated rings. The van der Waals surface area contributed by atoms with Crippen LogP contribution in [0.2, 0.25) is 0 Å². The van der Waals surface area contributed by atoms with E-state index >= 15 is 0 Å². The number of halogens is 6. The van der Waals surface area contributed by atoms with Gasteiger partial charge in [-0.15, -0.1) is 0 Å². The van der Waals surface area contributed by atoms with Crippen molar-refractivity contribution in [2.24, 2.45) is 0 Å². The minimum Gasteiger partial charge on any atom is -0.245 e. The van der Waals surface area contributed by atoms with Crippen LogP contribution in [-0.2, 0) is 12.4 Å². The maximum Gasteiger partial charge on any atom is 0.417 e. The van der Waals surface area contributed by atoms with Crippen LogP contribution in [-0.4, -0.2) is 9.97 Å². The Morgan fingerprint density at radius 3 is 1.27 bits per heavy atom. The summed E-state index contributed by atoms with van der Waals surface area (Å²) in [5, 5.41) is 0.